The lowest BCUT2D eigenvalue weighted by Gasteiger charge is -2.17. The van der Waals surface area contributed by atoms with E-state index in [0.717, 1.165) is 37.7 Å². The standard InChI is InChI=1S/C19H23N5O/c1-11-5-8-16(25)14(9-11)19-23-17(15(10-20)18(22)24-19)12-3-2-4-13(21)7-6-12/h5,8-9,12-13,25H,2-4,6-7,21H2,1H3,(H2,22,23,24). The molecule has 0 aliphatic heterocycles. The van der Waals surface area contributed by atoms with Gasteiger partial charge in [-0.3, -0.25) is 0 Å². The van der Waals surface area contributed by atoms with Crippen LogP contribution in [-0.4, -0.2) is 21.1 Å². The molecule has 1 saturated carbocycles. The van der Waals surface area contributed by atoms with Crippen LogP contribution in [0.25, 0.3) is 11.4 Å². The summed E-state index contributed by atoms with van der Waals surface area (Å²) < 4.78 is 0. The van der Waals surface area contributed by atoms with Crippen molar-refractivity contribution in [3.05, 3.63) is 35.0 Å². The van der Waals surface area contributed by atoms with E-state index in [1.807, 2.05) is 19.1 Å². The van der Waals surface area contributed by atoms with Gasteiger partial charge in [0.05, 0.1) is 11.3 Å². The summed E-state index contributed by atoms with van der Waals surface area (Å²) in [6, 6.07) is 7.62. The fourth-order valence-corrected chi connectivity index (χ4v) is 3.46. The number of nitrogens with two attached hydrogens (primary N) is 2. The molecule has 6 nitrogen and oxygen atoms in total. The minimum atomic E-state index is 0.101. The van der Waals surface area contributed by atoms with Crippen LogP contribution < -0.4 is 11.5 Å². The van der Waals surface area contributed by atoms with Gasteiger partial charge in [-0.05, 0) is 44.7 Å². The molecule has 1 fully saturated rings. The maximum Gasteiger partial charge on any atom is 0.165 e. The molecule has 1 aliphatic carbocycles. The fourth-order valence-electron chi connectivity index (χ4n) is 3.46. The molecule has 0 spiro atoms. The minimum Gasteiger partial charge on any atom is -0.507 e. The smallest absolute Gasteiger partial charge is 0.165 e. The summed E-state index contributed by atoms with van der Waals surface area (Å²) in [6.45, 7) is 1.93. The highest BCUT2D eigenvalue weighted by atomic mass is 16.3. The number of aromatic nitrogens is 2. The van der Waals surface area contributed by atoms with E-state index in [0.29, 0.717) is 22.6 Å². The first kappa shape index (κ1) is 17.2. The van der Waals surface area contributed by atoms with Gasteiger partial charge in [0.1, 0.15) is 23.2 Å². The topological polar surface area (TPSA) is 122 Å². The molecular weight excluding hydrogens is 314 g/mol. The number of hydrogen-bond donors (Lipinski definition) is 3. The Kier molecular flexibility index (Phi) is 4.86. The minimum absolute atomic E-state index is 0.101. The van der Waals surface area contributed by atoms with Gasteiger partial charge in [0.2, 0.25) is 0 Å². The second kappa shape index (κ2) is 7.08. The predicted molar refractivity (Wildman–Crippen MR) is 96.8 cm³/mol. The van der Waals surface area contributed by atoms with Crippen molar-refractivity contribution in [3.63, 3.8) is 0 Å². The number of hydrogen-bond acceptors (Lipinski definition) is 6. The van der Waals surface area contributed by atoms with E-state index in [9.17, 15) is 10.4 Å². The number of phenols is 1. The lowest BCUT2D eigenvalue weighted by Crippen LogP contribution is -2.18. The van der Waals surface area contributed by atoms with Crippen molar-refractivity contribution in [2.24, 2.45) is 5.73 Å². The van der Waals surface area contributed by atoms with Crippen molar-refractivity contribution < 1.29 is 5.11 Å². The second-order valence-electron chi connectivity index (χ2n) is 6.79. The molecule has 3 rings (SSSR count). The number of nitrogens with zero attached hydrogens (tertiary/aromatic N) is 3. The Bertz CT molecular complexity index is 827. The van der Waals surface area contributed by atoms with E-state index in [1.54, 1.807) is 6.07 Å². The van der Waals surface area contributed by atoms with Crippen LogP contribution >= 0.6 is 0 Å². The van der Waals surface area contributed by atoms with Crippen LogP contribution in [0, 0.1) is 18.3 Å². The Morgan fingerprint density at radius 2 is 2.00 bits per heavy atom. The molecule has 5 N–H and O–H groups in total. The van der Waals surface area contributed by atoms with E-state index in [4.69, 9.17) is 11.5 Å². The first-order valence-corrected chi connectivity index (χ1v) is 8.62. The van der Waals surface area contributed by atoms with Crippen LogP contribution in [0.4, 0.5) is 5.82 Å². The van der Waals surface area contributed by atoms with Gasteiger partial charge in [-0.2, -0.15) is 5.26 Å². The highest BCUT2D eigenvalue weighted by Gasteiger charge is 2.25. The maximum atomic E-state index is 10.2. The third kappa shape index (κ3) is 3.57. The van der Waals surface area contributed by atoms with E-state index in [2.05, 4.69) is 16.0 Å². The van der Waals surface area contributed by atoms with Gasteiger partial charge in [-0.15, -0.1) is 0 Å². The summed E-state index contributed by atoms with van der Waals surface area (Å²) in [5.74, 6) is 0.765. The molecule has 2 unspecified atom stereocenters. The van der Waals surface area contributed by atoms with Gasteiger partial charge in [0.15, 0.2) is 5.82 Å². The van der Waals surface area contributed by atoms with Crippen LogP contribution in [0.15, 0.2) is 18.2 Å². The van der Waals surface area contributed by atoms with E-state index >= 15 is 0 Å². The molecule has 1 aliphatic rings. The molecule has 2 aromatic rings. The van der Waals surface area contributed by atoms with Gasteiger partial charge in [-0.25, -0.2) is 9.97 Å². The third-order valence-corrected chi connectivity index (χ3v) is 4.87. The van der Waals surface area contributed by atoms with Crippen LogP contribution in [0.1, 0.15) is 54.8 Å². The third-order valence-electron chi connectivity index (χ3n) is 4.87. The molecule has 1 aromatic heterocycles. The summed E-state index contributed by atoms with van der Waals surface area (Å²) in [7, 11) is 0. The van der Waals surface area contributed by atoms with Crippen LogP contribution in [-0.2, 0) is 0 Å². The predicted octanol–water partition coefficient (Wildman–Crippen LogP) is 2.99. The lowest BCUT2D eigenvalue weighted by atomic mass is 9.93. The number of nitrogen functional groups attached to an aromatic ring is 1. The summed E-state index contributed by atoms with van der Waals surface area (Å²) in [6.07, 6.45) is 4.71. The van der Waals surface area contributed by atoms with Crippen molar-refractivity contribution in [1.82, 2.24) is 9.97 Å². The van der Waals surface area contributed by atoms with Gasteiger partial charge in [0.25, 0.3) is 0 Å². The molecule has 2 atom stereocenters. The summed E-state index contributed by atoms with van der Waals surface area (Å²) >= 11 is 0. The molecule has 0 radical (unpaired) electrons. The first-order valence-electron chi connectivity index (χ1n) is 8.62. The highest BCUT2D eigenvalue weighted by molar-refractivity contribution is 5.67. The largest absolute Gasteiger partial charge is 0.507 e. The van der Waals surface area contributed by atoms with Crippen molar-refractivity contribution in [2.75, 3.05) is 5.73 Å². The number of aromatic hydroxyl groups is 1. The average molecular weight is 337 g/mol. The van der Waals surface area contributed by atoms with Gasteiger partial charge in [-0.1, -0.05) is 18.1 Å². The van der Waals surface area contributed by atoms with E-state index in [1.165, 1.54) is 0 Å². The van der Waals surface area contributed by atoms with Crippen LogP contribution in [0.2, 0.25) is 0 Å². The number of aryl methyl sites for hydroxylation is 1. The van der Waals surface area contributed by atoms with E-state index < -0.39 is 0 Å². The molecule has 1 aromatic carbocycles. The second-order valence-corrected chi connectivity index (χ2v) is 6.79. The highest BCUT2D eigenvalue weighted by Crippen LogP contribution is 2.36. The molecule has 0 amide bonds. The number of anilines is 1. The van der Waals surface area contributed by atoms with Crippen LogP contribution in [0.5, 0.6) is 5.75 Å². The van der Waals surface area contributed by atoms with Crippen molar-refractivity contribution in [1.29, 1.82) is 5.26 Å². The molecule has 130 valence electrons. The SMILES string of the molecule is Cc1ccc(O)c(-c2nc(N)c(C#N)c(C3CCCC(N)CC3)n2)c1. The van der Waals surface area contributed by atoms with Crippen molar-refractivity contribution in [2.45, 2.75) is 51.0 Å². The Morgan fingerprint density at radius 3 is 2.76 bits per heavy atom. The zero-order chi connectivity index (χ0) is 18.0. The number of benzene rings is 1. The molecule has 6 heteroatoms. The van der Waals surface area contributed by atoms with Crippen molar-refractivity contribution in [3.8, 4) is 23.2 Å². The van der Waals surface area contributed by atoms with E-state index in [-0.39, 0.29) is 23.5 Å². The Labute approximate surface area is 147 Å². The fraction of sp³-hybridized carbons (Fsp3) is 0.421. The first-order chi connectivity index (χ1) is 12.0. The van der Waals surface area contributed by atoms with Gasteiger partial charge >= 0.3 is 0 Å². The Morgan fingerprint density at radius 1 is 1.20 bits per heavy atom. The van der Waals surface area contributed by atoms with Gasteiger partial charge in [0, 0.05) is 12.0 Å². The molecular formula is C19H23N5O. The van der Waals surface area contributed by atoms with Crippen molar-refractivity contribution >= 4 is 5.82 Å². The zero-order valence-corrected chi connectivity index (χ0v) is 14.4. The molecule has 1 heterocycles. The maximum absolute atomic E-state index is 10.2. The van der Waals surface area contributed by atoms with Crippen LogP contribution in [0.3, 0.4) is 0 Å². The zero-order valence-electron chi connectivity index (χ0n) is 14.4. The summed E-state index contributed by atoms with van der Waals surface area (Å²) in [4.78, 5) is 8.92. The quantitative estimate of drug-likeness (QED) is 0.724. The number of rotatable bonds is 2. The summed E-state index contributed by atoms with van der Waals surface area (Å²) in [5, 5.41) is 19.7. The molecule has 25 heavy (non-hydrogen) atoms. The Hall–Kier alpha value is -2.65. The average Bonchev–Trinajstić information content (AvgIpc) is 2.81. The summed E-state index contributed by atoms with van der Waals surface area (Å²) in [5.41, 5.74) is 14.7. The number of nitriles is 1. The lowest BCUT2D eigenvalue weighted by molar-refractivity contribution is 0.476. The molecule has 0 saturated heterocycles. The molecule has 0 bridgehead atoms. The normalized spacial score (nSPS) is 20.7. The monoisotopic (exact) mass is 337 g/mol. The van der Waals surface area contributed by atoms with Gasteiger partial charge < -0.3 is 16.6 Å². The Balaban J connectivity index is 2.10. The number of phenolic OH excluding ortho intramolecular Hbond substituents is 1.